The van der Waals surface area contributed by atoms with Crippen LogP contribution in [0.5, 0.6) is 0 Å². The molecule has 0 aromatic carbocycles. The topological polar surface area (TPSA) is 62.2 Å². The Morgan fingerprint density at radius 2 is 2.21 bits per heavy atom. The number of aryl methyl sites for hydroxylation is 1. The Kier molecular flexibility index (Phi) is 4.93. The number of amides is 1. The normalized spacial score (nSPS) is 16.5. The zero-order valence-corrected chi connectivity index (χ0v) is 11.8. The van der Waals surface area contributed by atoms with E-state index in [0.29, 0.717) is 5.56 Å². The molecule has 1 saturated heterocycles. The van der Waals surface area contributed by atoms with Gasteiger partial charge in [0.25, 0.3) is 5.91 Å². The summed E-state index contributed by atoms with van der Waals surface area (Å²) >= 11 is 0. The van der Waals surface area contributed by atoms with Crippen molar-refractivity contribution >= 4 is 5.91 Å². The predicted molar refractivity (Wildman–Crippen MR) is 74.2 cm³/mol. The molecule has 0 aliphatic carbocycles. The fraction of sp³-hybridized carbons (Fsp3) is 0.692. The minimum Gasteiger partial charge on any atom is -0.352 e. The molecule has 1 fully saturated rings. The van der Waals surface area contributed by atoms with Crippen molar-refractivity contribution in [2.45, 2.75) is 13.3 Å². The van der Waals surface area contributed by atoms with Gasteiger partial charge in [0.05, 0.1) is 11.8 Å². The van der Waals surface area contributed by atoms with Crippen LogP contribution in [0.25, 0.3) is 0 Å². The van der Waals surface area contributed by atoms with Crippen LogP contribution in [-0.4, -0.2) is 59.9 Å². The quantitative estimate of drug-likeness (QED) is 0.721. The molecule has 1 aromatic rings. The second kappa shape index (κ2) is 6.68. The summed E-state index contributed by atoms with van der Waals surface area (Å²) in [6.07, 6.45) is 2.62. The molecule has 19 heavy (non-hydrogen) atoms. The molecule has 0 saturated carbocycles. The van der Waals surface area contributed by atoms with Gasteiger partial charge in [-0.25, -0.2) is 0 Å². The van der Waals surface area contributed by atoms with Gasteiger partial charge >= 0.3 is 0 Å². The molecule has 2 N–H and O–H groups in total. The smallest absolute Gasteiger partial charge is 0.254 e. The Morgan fingerprint density at radius 1 is 1.47 bits per heavy atom. The van der Waals surface area contributed by atoms with E-state index in [4.69, 9.17) is 0 Å². The lowest BCUT2D eigenvalue weighted by atomic mass is 10.2. The van der Waals surface area contributed by atoms with E-state index in [1.165, 1.54) is 0 Å². The molecular weight excluding hydrogens is 242 g/mol. The van der Waals surface area contributed by atoms with Gasteiger partial charge in [-0.05, 0) is 19.9 Å². The highest BCUT2D eigenvalue weighted by Gasteiger charge is 2.12. The Labute approximate surface area is 114 Å². The van der Waals surface area contributed by atoms with E-state index in [0.717, 1.165) is 51.4 Å². The predicted octanol–water partition coefficient (Wildman–Crippen LogP) is -0.246. The third kappa shape index (κ3) is 3.78. The van der Waals surface area contributed by atoms with Crippen molar-refractivity contribution in [1.29, 1.82) is 0 Å². The van der Waals surface area contributed by atoms with Crippen LogP contribution in [0.2, 0.25) is 0 Å². The molecule has 0 atom stereocenters. The summed E-state index contributed by atoms with van der Waals surface area (Å²) in [6.45, 7) is 8.03. The molecule has 2 rings (SSSR count). The van der Waals surface area contributed by atoms with Gasteiger partial charge < -0.3 is 15.5 Å². The molecule has 0 unspecified atom stereocenters. The van der Waals surface area contributed by atoms with E-state index in [9.17, 15) is 4.79 Å². The summed E-state index contributed by atoms with van der Waals surface area (Å²) in [5.74, 6) is -0.0223. The van der Waals surface area contributed by atoms with E-state index in [1.807, 2.05) is 14.0 Å². The van der Waals surface area contributed by atoms with Gasteiger partial charge in [0.2, 0.25) is 0 Å². The highest BCUT2D eigenvalue weighted by molar-refractivity contribution is 5.94. The van der Waals surface area contributed by atoms with Crippen molar-refractivity contribution in [3.05, 3.63) is 17.5 Å². The van der Waals surface area contributed by atoms with E-state index < -0.39 is 0 Å². The van der Waals surface area contributed by atoms with Crippen LogP contribution in [0.4, 0.5) is 0 Å². The summed E-state index contributed by atoms with van der Waals surface area (Å²) in [6, 6.07) is 0. The molecule has 1 amide bonds. The molecule has 106 valence electrons. The SMILES string of the molecule is Cc1c(C(=O)NCCCN2CCNCC2)cnn1C. The van der Waals surface area contributed by atoms with Crippen LogP contribution < -0.4 is 10.6 Å². The Bertz CT molecular complexity index is 423. The average molecular weight is 265 g/mol. The molecule has 0 radical (unpaired) electrons. The second-order valence-electron chi connectivity index (χ2n) is 4.97. The van der Waals surface area contributed by atoms with E-state index in [1.54, 1.807) is 10.9 Å². The first-order chi connectivity index (χ1) is 9.18. The summed E-state index contributed by atoms with van der Waals surface area (Å²) in [4.78, 5) is 14.4. The summed E-state index contributed by atoms with van der Waals surface area (Å²) in [5.41, 5.74) is 1.57. The fourth-order valence-corrected chi connectivity index (χ4v) is 2.26. The van der Waals surface area contributed by atoms with Crippen molar-refractivity contribution < 1.29 is 4.79 Å². The van der Waals surface area contributed by atoms with Crippen LogP contribution in [0, 0.1) is 6.92 Å². The first-order valence-electron chi connectivity index (χ1n) is 6.88. The lowest BCUT2D eigenvalue weighted by Gasteiger charge is -2.27. The number of hydrogen-bond donors (Lipinski definition) is 2. The van der Waals surface area contributed by atoms with Gasteiger partial charge in [-0.15, -0.1) is 0 Å². The third-order valence-corrected chi connectivity index (χ3v) is 3.63. The van der Waals surface area contributed by atoms with Gasteiger partial charge in [-0.3, -0.25) is 9.48 Å². The molecular formula is C13H23N5O. The maximum atomic E-state index is 11.9. The van der Waals surface area contributed by atoms with Crippen LogP contribution in [0.1, 0.15) is 22.5 Å². The summed E-state index contributed by atoms with van der Waals surface area (Å²) in [5, 5.41) is 10.4. The highest BCUT2D eigenvalue weighted by atomic mass is 16.1. The van der Waals surface area contributed by atoms with Crippen molar-refractivity contribution in [1.82, 2.24) is 25.3 Å². The number of carbonyl (C=O) groups excluding carboxylic acids is 1. The third-order valence-electron chi connectivity index (χ3n) is 3.63. The Balaban J connectivity index is 1.68. The van der Waals surface area contributed by atoms with Crippen LogP contribution in [0.15, 0.2) is 6.20 Å². The van der Waals surface area contributed by atoms with E-state index >= 15 is 0 Å². The molecule has 1 aliphatic rings. The number of rotatable bonds is 5. The Morgan fingerprint density at radius 3 is 2.84 bits per heavy atom. The molecule has 2 heterocycles. The zero-order chi connectivity index (χ0) is 13.7. The number of nitrogens with zero attached hydrogens (tertiary/aromatic N) is 3. The summed E-state index contributed by atoms with van der Waals surface area (Å²) < 4.78 is 1.72. The van der Waals surface area contributed by atoms with Crippen molar-refractivity contribution in [2.24, 2.45) is 7.05 Å². The molecule has 1 aliphatic heterocycles. The first kappa shape index (κ1) is 14.0. The number of nitrogens with one attached hydrogen (secondary N) is 2. The van der Waals surface area contributed by atoms with Crippen molar-refractivity contribution in [3.63, 3.8) is 0 Å². The lowest BCUT2D eigenvalue weighted by molar-refractivity contribution is 0.0950. The monoisotopic (exact) mass is 265 g/mol. The largest absolute Gasteiger partial charge is 0.352 e. The zero-order valence-electron chi connectivity index (χ0n) is 11.8. The van der Waals surface area contributed by atoms with E-state index in [2.05, 4.69) is 20.6 Å². The van der Waals surface area contributed by atoms with Crippen LogP contribution in [0.3, 0.4) is 0 Å². The number of piperazine rings is 1. The maximum Gasteiger partial charge on any atom is 0.254 e. The first-order valence-corrected chi connectivity index (χ1v) is 6.88. The second-order valence-corrected chi connectivity index (χ2v) is 4.97. The molecule has 0 bridgehead atoms. The molecule has 0 spiro atoms. The molecule has 1 aromatic heterocycles. The molecule has 6 nitrogen and oxygen atoms in total. The number of carbonyl (C=O) groups is 1. The number of hydrogen-bond acceptors (Lipinski definition) is 4. The molecule has 6 heteroatoms. The Hall–Kier alpha value is -1.40. The van der Waals surface area contributed by atoms with Crippen molar-refractivity contribution in [2.75, 3.05) is 39.3 Å². The van der Waals surface area contributed by atoms with Gasteiger partial charge in [0, 0.05) is 45.5 Å². The van der Waals surface area contributed by atoms with Crippen LogP contribution >= 0.6 is 0 Å². The van der Waals surface area contributed by atoms with E-state index in [-0.39, 0.29) is 5.91 Å². The number of aromatic nitrogens is 2. The maximum absolute atomic E-state index is 11.9. The van der Waals surface area contributed by atoms with Gasteiger partial charge in [0.1, 0.15) is 0 Å². The average Bonchev–Trinajstić information content (AvgIpc) is 2.76. The fourth-order valence-electron chi connectivity index (χ4n) is 2.26. The highest BCUT2D eigenvalue weighted by Crippen LogP contribution is 2.04. The van der Waals surface area contributed by atoms with Crippen LogP contribution in [-0.2, 0) is 7.05 Å². The minimum atomic E-state index is -0.0223. The van der Waals surface area contributed by atoms with Crippen molar-refractivity contribution in [3.8, 4) is 0 Å². The van der Waals surface area contributed by atoms with Gasteiger partial charge in [-0.2, -0.15) is 5.10 Å². The standard InChI is InChI=1S/C13H23N5O/c1-11-12(10-16-17(11)2)13(19)15-4-3-7-18-8-5-14-6-9-18/h10,14H,3-9H2,1-2H3,(H,15,19). The summed E-state index contributed by atoms with van der Waals surface area (Å²) in [7, 11) is 1.84. The van der Waals surface area contributed by atoms with Gasteiger partial charge in [-0.1, -0.05) is 0 Å². The minimum absolute atomic E-state index is 0.0223. The lowest BCUT2D eigenvalue weighted by Crippen LogP contribution is -2.44. The van der Waals surface area contributed by atoms with Gasteiger partial charge in [0.15, 0.2) is 0 Å².